The van der Waals surface area contributed by atoms with Crippen molar-refractivity contribution in [3.8, 4) is 0 Å². The van der Waals surface area contributed by atoms with Crippen LogP contribution in [-0.2, 0) is 6.54 Å². The molecule has 0 bridgehead atoms. The second kappa shape index (κ2) is 3.85. The summed E-state index contributed by atoms with van der Waals surface area (Å²) in [6.07, 6.45) is 0. The molecule has 0 heterocycles. The smallest absolute Gasteiger partial charge is 0.0460 e. The van der Waals surface area contributed by atoms with Crippen molar-refractivity contribution < 1.29 is 5.21 Å². The summed E-state index contributed by atoms with van der Waals surface area (Å²) in [6, 6.07) is 5.95. The number of hydrogen-bond acceptors (Lipinski definition) is 2. The highest BCUT2D eigenvalue weighted by molar-refractivity contribution is 9.10. The van der Waals surface area contributed by atoms with Gasteiger partial charge >= 0.3 is 0 Å². The first-order valence-electron chi connectivity index (χ1n) is 3.36. The Morgan fingerprint density at radius 2 is 2.27 bits per heavy atom. The molecular weight excluding hydrogens is 206 g/mol. The van der Waals surface area contributed by atoms with Crippen molar-refractivity contribution in [3.05, 3.63) is 33.8 Å². The van der Waals surface area contributed by atoms with Crippen molar-refractivity contribution in [2.45, 2.75) is 13.5 Å². The lowest BCUT2D eigenvalue weighted by Crippen LogP contribution is -2.07. The average Bonchev–Trinajstić information content (AvgIpc) is 1.95. The van der Waals surface area contributed by atoms with Crippen LogP contribution >= 0.6 is 15.9 Å². The molecule has 0 aliphatic carbocycles. The minimum atomic E-state index is 0.499. The normalized spacial score (nSPS) is 10.1. The Morgan fingerprint density at radius 3 is 2.82 bits per heavy atom. The van der Waals surface area contributed by atoms with Crippen LogP contribution in [0.3, 0.4) is 0 Å². The molecule has 0 atom stereocenters. The van der Waals surface area contributed by atoms with E-state index < -0.39 is 0 Å². The Hall–Kier alpha value is -0.380. The van der Waals surface area contributed by atoms with E-state index in [9.17, 15) is 0 Å². The van der Waals surface area contributed by atoms with Gasteiger partial charge in [0.2, 0.25) is 0 Å². The van der Waals surface area contributed by atoms with Gasteiger partial charge in [0.25, 0.3) is 0 Å². The molecule has 0 radical (unpaired) electrons. The largest absolute Gasteiger partial charge is 0.316 e. The summed E-state index contributed by atoms with van der Waals surface area (Å²) in [6.45, 7) is 2.51. The molecule has 0 amide bonds. The van der Waals surface area contributed by atoms with Crippen molar-refractivity contribution >= 4 is 15.9 Å². The third-order valence-corrected chi connectivity index (χ3v) is 2.07. The SMILES string of the molecule is Cc1cc(Br)ccc1CNO. The molecule has 2 nitrogen and oxygen atoms in total. The fourth-order valence-corrected chi connectivity index (χ4v) is 1.42. The molecule has 0 aliphatic heterocycles. The molecule has 3 heteroatoms. The predicted octanol–water partition coefficient (Wildman–Crippen LogP) is 2.24. The van der Waals surface area contributed by atoms with Crippen LogP contribution in [0.5, 0.6) is 0 Å². The second-order valence-electron chi connectivity index (χ2n) is 2.41. The highest BCUT2D eigenvalue weighted by Gasteiger charge is 1.96. The minimum Gasteiger partial charge on any atom is -0.316 e. The van der Waals surface area contributed by atoms with Gasteiger partial charge in [-0.1, -0.05) is 22.0 Å². The van der Waals surface area contributed by atoms with E-state index in [2.05, 4.69) is 21.4 Å². The average molecular weight is 216 g/mol. The molecule has 0 saturated carbocycles. The zero-order chi connectivity index (χ0) is 8.27. The van der Waals surface area contributed by atoms with Crippen LogP contribution in [0.25, 0.3) is 0 Å². The van der Waals surface area contributed by atoms with Crippen LogP contribution in [0.1, 0.15) is 11.1 Å². The first-order valence-corrected chi connectivity index (χ1v) is 4.15. The molecule has 11 heavy (non-hydrogen) atoms. The first kappa shape index (κ1) is 8.71. The Labute approximate surface area is 74.3 Å². The van der Waals surface area contributed by atoms with Gasteiger partial charge in [-0.05, 0) is 30.2 Å². The van der Waals surface area contributed by atoms with Crippen molar-refractivity contribution in [3.63, 3.8) is 0 Å². The topological polar surface area (TPSA) is 32.3 Å². The summed E-state index contributed by atoms with van der Waals surface area (Å²) >= 11 is 3.36. The van der Waals surface area contributed by atoms with E-state index in [1.54, 1.807) is 0 Å². The first-order chi connectivity index (χ1) is 5.24. The maximum atomic E-state index is 8.45. The molecule has 2 N–H and O–H groups in total. The number of aryl methyl sites for hydroxylation is 1. The molecule has 0 aliphatic rings. The van der Waals surface area contributed by atoms with Crippen LogP contribution in [-0.4, -0.2) is 5.21 Å². The zero-order valence-electron chi connectivity index (χ0n) is 6.26. The number of halogens is 1. The Bertz CT molecular complexity index is 250. The highest BCUT2D eigenvalue weighted by Crippen LogP contribution is 2.15. The maximum Gasteiger partial charge on any atom is 0.0460 e. The van der Waals surface area contributed by atoms with E-state index in [0.29, 0.717) is 6.54 Å². The molecular formula is C8H10BrNO. The van der Waals surface area contributed by atoms with Crippen molar-refractivity contribution in [2.75, 3.05) is 0 Å². The van der Waals surface area contributed by atoms with E-state index in [-0.39, 0.29) is 0 Å². The third-order valence-electron chi connectivity index (χ3n) is 1.57. The summed E-state index contributed by atoms with van der Waals surface area (Å²) in [5, 5.41) is 8.45. The number of hydrogen-bond donors (Lipinski definition) is 2. The molecule has 0 aromatic heterocycles. The lowest BCUT2D eigenvalue weighted by molar-refractivity contribution is 0.161. The summed E-state index contributed by atoms with van der Waals surface area (Å²) in [5.74, 6) is 0. The van der Waals surface area contributed by atoms with Crippen molar-refractivity contribution in [1.82, 2.24) is 5.48 Å². The number of nitrogens with one attached hydrogen (secondary N) is 1. The number of rotatable bonds is 2. The Kier molecular flexibility index (Phi) is 3.05. The van der Waals surface area contributed by atoms with Crippen LogP contribution in [0.15, 0.2) is 22.7 Å². The van der Waals surface area contributed by atoms with Gasteiger partial charge in [-0.15, -0.1) is 0 Å². The maximum absolute atomic E-state index is 8.45. The Balaban J connectivity index is 2.90. The summed E-state index contributed by atoms with van der Waals surface area (Å²) < 4.78 is 1.07. The molecule has 1 rings (SSSR count). The van der Waals surface area contributed by atoms with Gasteiger partial charge in [-0.25, -0.2) is 5.48 Å². The summed E-state index contributed by atoms with van der Waals surface area (Å²) in [4.78, 5) is 0. The zero-order valence-corrected chi connectivity index (χ0v) is 7.85. The van der Waals surface area contributed by atoms with E-state index in [0.717, 1.165) is 10.0 Å². The fraction of sp³-hybridized carbons (Fsp3) is 0.250. The number of benzene rings is 1. The molecule has 0 unspecified atom stereocenters. The predicted molar refractivity (Wildman–Crippen MR) is 47.5 cm³/mol. The lowest BCUT2D eigenvalue weighted by atomic mass is 10.1. The van der Waals surface area contributed by atoms with E-state index in [1.165, 1.54) is 5.56 Å². The molecule has 0 saturated heterocycles. The number of hydroxylamine groups is 1. The van der Waals surface area contributed by atoms with Crippen molar-refractivity contribution in [2.24, 2.45) is 0 Å². The van der Waals surface area contributed by atoms with Gasteiger partial charge < -0.3 is 5.21 Å². The van der Waals surface area contributed by atoms with Crippen LogP contribution in [0, 0.1) is 6.92 Å². The molecule has 60 valence electrons. The second-order valence-corrected chi connectivity index (χ2v) is 3.32. The van der Waals surface area contributed by atoms with Gasteiger partial charge in [0.15, 0.2) is 0 Å². The quantitative estimate of drug-likeness (QED) is 0.743. The molecule has 1 aromatic rings. The molecule has 1 aromatic carbocycles. The van der Waals surface area contributed by atoms with Gasteiger partial charge in [0, 0.05) is 11.0 Å². The molecule has 0 spiro atoms. The molecule has 0 fully saturated rings. The van der Waals surface area contributed by atoms with Gasteiger partial charge in [-0.2, -0.15) is 0 Å². The van der Waals surface area contributed by atoms with Gasteiger partial charge in [0.1, 0.15) is 0 Å². The van der Waals surface area contributed by atoms with E-state index in [4.69, 9.17) is 5.21 Å². The highest BCUT2D eigenvalue weighted by atomic mass is 79.9. The standard InChI is InChI=1S/C8H10BrNO/c1-6-4-8(9)3-2-7(6)5-10-11/h2-4,10-11H,5H2,1H3. The summed E-state index contributed by atoms with van der Waals surface area (Å²) in [5.41, 5.74) is 4.40. The summed E-state index contributed by atoms with van der Waals surface area (Å²) in [7, 11) is 0. The van der Waals surface area contributed by atoms with Gasteiger partial charge in [0.05, 0.1) is 0 Å². The third kappa shape index (κ3) is 2.29. The minimum absolute atomic E-state index is 0.499. The fourth-order valence-electron chi connectivity index (χ4n) is 0.943. The Morgan fingerprint density at radius 1 is 1.55 bits per heavy atom. The van der Waals surface area contributed by atoms with E-state index >= 15 is 0 Å². The van der Waals surface area contributed by atoms with E-state index in [1.807, 2.05) is 25.1 Å². The van der Waals surface area contributed by atoms with Crippen LogP contribution in [0.2, 0.25) is 0 Å². The monoisotopic (exact) mass is 215 g/mol. The van der Waals surface area contributed by atoms with Crippen molar-refractivity contribution in [1.29, 1.82) is 0 Å². The van der Waals surface area contributed by atoms with Crippen LogP contribution < -0.4 is 5.48 Å². The lowest BCUT2D eigenvalue weighted by Gasteiger charge is -2.03. The van der Waals surface area contributed by atoms with Gasteiger partial charge in [-0.3, -0.25) is 0 Å². The van der Waals surface area contributed by atoms with Crippen LogP contribution in [0.4, 0.5) is 0 Å².